The number of anilines is 2. The lowest BCUT2D eigenvalue weighted by Gasteiger charge is -2.25. The third-order valence-electron chi connectivity index (χ3n) is 4.58. The van der Waals surface area contributed by atoms with Crippen LogP contribution in [0.2, 0.25) is 0 Å². The van der Waals surface area contributed by atoms with Gasteiger partial charge in [0.15, 0.2) is 6.04 Å². The quantitative estimate of drug-likeness (QED) is 0.321. The number of carbonyl (C=O) groups is 1. The lowest BCUT2D eigenvalue weighted by Crippen LogP contribution is -2.25. The molecule has 6 nitrogen and oxygen atoms in total. The average molecular weight is 419 g/mol. The first-order chi connectivity index (χ1) is 13.4. The second-order valence-electron chi connectivity index (χ2n) is 6.59. The Morgan fingerprint density at radius 2 is 1.76 bits per heavy atom. The zero-order valence-corrected chi connectivity index (χ0v) is 18.3. The first-order valence-corrected chi connectivity index (χ1v) is 9.63. The van der Waals surface area contributed by atoms with Gasteiger partial charge in [0.25, 0.3) is 0 Å². The Kier molecular flexibility index (Phi) is 9.48. The second kappa shape index (κ2) is 11.3. The number of amidine groups is 1. The summed E-state index contributed by atoms with van der Waals surface area (Å²) in [5, 5.41) is 10.8. The number of hydrogen-bond acceptors (Lipinski definition) is 5. The number of aryl methyl sites for hydroxylation is 1. The van der Waals surface area contributed by atoms with Gasteiger partial charge in [0.1, 0.15) is 5.84 Å². The summed E-state index contributed by atoms with van der Waals surface area (Å²) in [5.74, 6) is -0.315. The van der Waals surface area contributed by atoms with E-state index >= 15 is 0 Å². The van der Waals surface area contributed by atoms with Gasteiger partial charge in [0, 0.05) is 30.0 Å². The van der Waals surface area contributed by atoms with Gasteiger partial charge in [-0.3, -0.25) is 5.41 Å². The molecular weight excluding hydrogens is 388 g/mol. The summed E-state index contributed by atoms with van der Waals surface area (Å²) in [6.45, 7) is 10.2. The van der Waals surface area contributed by atoms with Crippen LogP contribution in [0.3, 0.4) is 0 Å². The van der Waals surface area contributed by atoms with Crippen LogP contribution in [-0.2, 0) is 9.53 Å². The monoisotopic (exact) mass is 418 g/mol. The van der Waals surface area contributed by atoms with Gasteiger partial charge in [-0.05, 0) is 75.2 Å². The molecule has 29 heavy (non-hydrogen) atoms. The molecule has 2 aromatic rings. The van der Waals surface area contributed by atoms with E-state index in [-0.39, 0.29) is 24.2 Å². The Hall–Kier alpha value is -2.73. The molecule has 0 heterocycles. The maximum atomic E-state index is 12.7. The molecule has 0 fully saturated rings. The fraction of sp³-hybridized carbons (Fsp3) is 0.364. The number of rotatable bonds is 9. The number of esters is 1. The van der Waals surface area contributed by atoms with E-state index in [2.05, 4.69) is 30.1 Å². The van der Waals surface area contributed by atoms with E-state index in [0.29, 0.717) is 12.2 Å². The van der Waals surface area contributed by atoms with Crippen molar-refractivity contribution in [2.75, 3.05) is 29.9 Å². The molecule has 0 aromatic heterocycles. The van der Waals surface area contributed by atoms with Crippen LogP contribution in [0.15, 0.2) is 42.5 Å². The van der Waals surface area contributed by atoms with Gasteiger partial charge in [-0.1, -0.05) is 6.07 Å². The SMILES string of the molecule is CCOC(=O)C(Nc1ccc(C(=N)N)cc1)c1cc(C)cc(N(CC)CC)c1.Cl. The van der Waals surface area contributed by atoms with Gasteiger partial charge >= 0.3 is 5.97 Å². The highest BCUT2D eigenvalue weighted by atomic mass is 35.5. The topological polar surface area (TPSA) is 91.4 Å². The van der Waals surface area contributed by atoms with E-state index in [1.165, 1.54) is 0 Å². The number of benzene rings is 2. The molecule has 0 radical (unpaired) electrons. The van der Waals surface area contributed by atoms with Crippen LogP contribution in [0.25, 0.3) is 0 Å². The molecule has 158 valence electrons. The molecule has 1 atom stereocenters. The van der Waals surface area contributed by atoms with Gasteiger partial charge in [-0.15, -0.1) is 12.4 Å². The fourth-order valence-corrected chi connectivity index (χ4v) is 3.15. The minimum Gasteiger partial charge on any atom is -0.464 e. The first-order valence-electron chi connectivity index (χ1n) is 9.63. The van der Waals surface area contributed by atoms with Gasteiger partial charge in [0.05, 0.1) is 6.61 Å². The predicted octanol–water partition coefficient (Wildman–Crippen LogP) is 4.26. The largest absolute Gasteiger partial charge is 0.464 e. The van der Waals surface area contributed by atoms with Crippen molar-refractivity contribution in [1.29, 1.82) is 5.41 Å². The normalized spacial score (nSPS) is 11.2. The molecule has 0 bridgehead atoms. The molecular formula is C22H31ClN4O2. The molecule has 0 aliphatic heterocycles. The summed E-state index contributed by atoms with van der Waals surface area (Å²) in [6.07, 6.45) is 0. The predicted molar refractivity (Wildman–Crippen MR) is 122 cm³/mol. The van der Waals surface area contributed by atoms with Crippen molar-refractivity contribution in [2.24, 2.45) is 5.73 Å². The van der Waals surface area contributed by atoms with Gasteiger partial charge in [0.2, 0.25) is 0 Å². The molecule has 0 amide bonds. The Balaban J connectivity index is 0.00000420. The highest BCUT2D eigenvalue weighted by Gasteiger charge is 2.23. The van der Waals surface area contributed by atoms with Crippen molar-refractivity contribution in [1.82, 2.24) is 0 Å². The van der Waals surface area contributed by atoms with Crippen LogP contribution in [0.4, 0.5) is 11.4 Å². The summed E-state index contributed by atoms with van der Waals surface area (Å²) in [6, 6.07) is 12.7. The molecule has 0 spiro atoms. The average Bonchev–Trinajstić information content (AvgIpc) is 2.67. The molecule has 0 saturated heterocycles. The van der Waals surface area contributed by atoms with Crippen molar-refractivity contribution >= 4 is 35.6 Å². The van der Waals surface area contributed by atoms with E-state index in [4.69, 9.17) is 15.9 Å². The van der Waals surface area contributed by atoms with Crippen molar-refractivity contribution in [3.8, 4) is 0 Å². The lowest BCUT2D eigenvalue weighted by molar-refractivity contribution is -0.144. The number of halogens is 1. The van der Waals surface area contributed by atoms with Gasteiger partial charge in [-0.2, -0.15) is 0 Å². The smallest absolute Gasteiger partial charge is 0.333 e. The Bertz CT molecular complexity index is 820. The van der Waals surface area contributed by atoms with Gasteiger partial charge < -0.3 is 20.7 Å². The summed E-state index contributed by atoms with van der Waals surface area (Å²) >= 11 is 0. The molecule has 0 aliphatic rings. The van der Waals surface area contributed by atoms with Gasteiger partial charge in [-0.25, -0.2) is 4.79 Å². The molecule has 2 aromatic carbocycles. The summed E-state index contributed by atoms with van der Waals surface area (Å²) in [7, 11) is 0. The van der Waals surface area contributed by atoms with E-state index in [1.807, 2.05) is 31.2 Å². The number of hydrogen-bond donors (Lipinski definition) is 3. The maximum Gasteiger partial charge on any atom is 0.333 e. The number of nitrogens with two attached hydrogens (primary N) is 1. The number of ether oxygens (including phenoxy) is 1. The Morgan fingerprint density at radius 3 is 2.28 bits per heavy atom. The third kappa shape index (κ3) is 6.39. The fourth-order valence-electron chi connectivity index (χ4n) is 3.15. The maximum absolute atomic E-state index is 12.7. The summed E-state index contributed by atoms with van der Waals surface area (Å²) in [4.78, 5) is 15.0. The molecule has 4 N–H and O–H groups in total. The van der Waals surface area contributed by atoms with Crippen molar-refractivity contribution < 1.29 is 9.53 Å². The highest BCUT2D eigenvalue weighted by Crippen LogP contribution is 2.27. The Morgan fingerprint density at radius 1 is 1.14 bits per heavy atom. The molecule has 0 aliphatic carbocycles. The molecule has 1 unspecified atom stereocenters. The van der Waals surface area contributed by atoms with Crippen LogP contribution < -0.4 is 16.0 Å². The number of nitrogens with one attached hydrogen (secondary N) is 2. The standard InChI is InChI=1S/C22H30N4O2.ClH/c1-5-26(6-2)19-13-15(4)12-17(14-19)20(22(27)28-7-3)25-18-10-8-16(9-11-18)21(23)24;/h8-14,20,25H,5-7H2,1-4H3,(H3,23,24);1H. The van der Waals surface area contributed by atoms with Crippen molar-refractivity contribution in [3.05, 3.63) is 59.2 Å². The molecule has 2 rings (SSSR count). The summed E-state index contributed by atoms with van der Waals surface area (Å²) in [5.41, 5.74) is 9.94. The minimum atomic E-state index is -0.627. The highest BCUT2D eigenvalue weighted by molar-refractivity contribution is 5.95. The van der Waals surface area contributed by atoms with Crippen LogP contribution in [-0.4, -0.2) is 31.5 Å². The van der Waals surface area contributed by atoms with E-state index < -0.39 is 6.04 Å². The van der Waals surface area contributed by atoms with Crippen LogP contribution in [0.5, 0.6) is 0 Å². The van der Waals surface area contributed by atoms with Crippen molar-refractivity contribution in [2.45, 2.75) is 33.7 Å². The van der Waals surface area contributed by atoms with E-state index in [1.54, 1.807) is 19.1 Å². The number of carbonyl (C=O) groups excluding carboxylic acids is 1. The van der Waals surface area contributed by atoms with E-state index in [9.17, 15) is 4.79 Å². The van der Waals surface area contributed by atoms with E-state index in [0.717, 1.165) is 35.6 Å². The van der Waals surface area contributed by atoms with Crippen molar-refractivity contribution in [3.63, 3.8) is 0 Å². The summed E-state index contributed by atoms with van der Waals surface area (Å²) < 4.78 is 5.32. The number of nitrogen functional groups attached to an aromatic ring is 1. The Labute approximate surface area is 179 Å². The number of nitrogens with zero attached hydrogens (tertiary/aromatic N) is 1. The second-order valence-corrected chi connectivity index (χ2v) is 6.59. The zero-order chi connectivity index (χ0) is 20.7. The molecule has 0 saturated carbocycles. The van der Waals surface area contributed by atoms with Crippen LogP contribution in [0.1, 0.15) is 43.5 Å². The van der Waals surface area contributed by atoms with Crippen LogP contribution >= 0.6 is 12.4 Å². The first kappa shape index (κ1) is 24.3. The molecule has 7 heteroatoms. The zero-order valence-electron chi connectivity index (χ0n) is 17.5. The third-order valence-corrected chi connectivity index (χ3v) is 4.58. The minimum absolute atomic E-state index is 0. The van der Waals surface area contributed by atoms with Crippen LogP contribution in [0, 0.1) is 12.3 Å². The lowest BCUT2D eigenvalue weighted by atomic mass is 10.0.